The van der Waals surface area contributed by atoms with Crippen LogP contribution >= 0.6 is 0 Å². The number of phenols is 1. The molecule has 7 atom stereocenters. The van der Waals surface area contributed by atoms with Gasteiger partial charge in [0.2, 0.25) is 0 Å². The Balaban J connectivity index is 1.23. The zero-order chi connectivity index (χ0) is 37.1. The van der Waals surface area contributed by atoms with E-state index in [9.17, 15) is 54.5 Å². The van der Waals surface area contributed by atoms with E-state index in [1.165, 1.54) is 18.1 Å². The van der Waals surface area contributed by atoms with Gasteiger partial charge in [0.1, 0.15) is 5.75 Å². The monoisotopic (exact) mass is 730 g/mol. The highest BCUT2D eigenvalue weighted by molar-refractivity contribution is 5.72. The van der Waals surface area contributed by atoms with Crippen molar-refractivity contribution in [3.05, 3.63) is 29.3 Å². The number of hydrogen-bond donors (Lipinski definition) is 2. The molecule has 0 aliphatic heterocycles. The van der Waals surface area contributed by atoms with E-state index < -0.39 is 48.7 Å². The summed E-state index contributed by atoms with van der Waals surface area (Å²) in [6.07, 6.45) is 1.04. The fourth-order valence-electron chi connectivity index (χ4n) is 9.37. The summed E-state index contributed by atoms with van der Waals surface area (Å²) in [5.41, 5.74) is 2.47. The van der Waals surface area contributed by atoms with Gasteiger partial charge in [-0.1, -0.05) is 57.9 Å². The SMILES string of the molecule is CCOC(=O)C(CCCCCCCCCC1C[C@]2(C)[C@@H](O)CC[C@H]2[C@@H]2CCc3cc(O)ccc3[C@@H]12)CCC(F)(F)C(F)(F)C(F)(F)C(F)(F)F. The van der Waals surface area contributed by atoms with Crippen LogP contribution in [-0.2, 0) is 16.0 Å². The maximum atomic E-state index is 14.1. The quantitative estimate of drug-likeness (QED) is 0.0952. The normalized spacial score (nSPS) is 27.7. The number of unbranched alkanes of at least 4 members (excludes halogenated alkanes) is 6. The Morgan fingerprint density at radius 2 is 1.54 bits per heavy atom. The molecule has 2 fully saturated rings. The first-order valence-corrected chi connectivity index (χ1v) is 18.1. The number of benzene rings is 1. The highest BCUT2D eigenvalue weighted by atomic mass is 19.4. The minimum atomic E-state index is -6.95. The van der Waals surface area contributed by atoms with Crippen LogP contribution in [0.5, 0.6) is 5.75 Å². The summed E-state index contributed by atoms with van der Waals surface area (Å²) in [6, 6.07) is 5.75. The number of carbonyl (C=O) groups is 1. The first kappa shape index (κ1) is 40.6. The molecule has 3 aliphatic rings. The van der Waals surface area contributed by atoms with Crippen molar-refractivity contribution >= 4 is 5.97 Å². The van der Waals surface area contributed by atoms with Crippen LogP contribution < -0.4 is 0 Å². The van der Waals surface area contributed by atoms with Crippen LogP contribution in [0, 0.1) is 29.1 Å². The number of halogens is 9. The summed E-state index contributed by atoms with van der Waals surface area (Å²) in [5.74, 6) is -19.6. The number of aliphatic hydroxyl groups is 1. The number of esters is 1. The molecule has 2 N–H and O–H groups in total. The third kappa shape index (κ3) is 8.22. The van der Waals surface area contributed by atoms with Gasteiger partial charge in [-0.3, -0.25) is 4.79 Å². The molecule has 1 aromatic carbocycles. The number of aliphatic hydroxyl groups excluding tert-OH is 1. The first-order valence-electron chi connectivity index (χ1n) is 18.1. The summed E-state index contributed by atoms with van der Waals surface area (Å²) in [7, 11) is 0. The van der Waals surface area contributed by atoms with Crippen LogP contribution in [0.3, 0.4) is 0 Å². The summed E-state index contributed by atoms with van der Waals surface area (Å²) >= 11 is 0. The number of aryl methyl sites for hydroxylation is 1. The molecule has 0 saturated heterocycles. The standard InChI is InChI=1S/C37H51F9O4/c1-3-50-32(49)23(19-20-34(38,39)35(40,41)36(42,43)37(44,45)46)11-9-7-5-4-6-8-10-12-25-22-33(2)29(17-18-30(33)48)28-15-13-24-21-26(47)14-16-27(24)31(25)28/h14,16,21,23,25,28-31,47-48H,3-13,15,17-20,22H2,1-2H3/t23?,25?,28-,29-,30-,31+,33-/m0/s1. The molecule has 2 saturated carbocycles. The molecular formula is C37H51F9O4. The molecular weight excluding hydrogens is 679 g/mol. The van der Waals surface area contributed by atoms with Crippen LogP contribution in [0.2, 0.25) is 0 Å². The largest absolute Gasteiger partial charge is 0.508 e. The summed E-state index contributed by atoms with van der Waals surface area (Å²) < 4.78 is 124. The van der Waals surface area contributed by atoms with Gasteiger partial charge in [0.25, 0.3) is 0 Å². The third-order valence-electron chi connectivity index (χ3n) is 12.0. The Hall–Kier alpha value is -2.18. The second-order valence-electron chi connectivity index (χ2n) is 15.2. The van der Waals surface area contributed by atoms with Crippen LogP contribution in [0.1, 0.15) is 127 Å². The highest BCUT2D eigenvalue weighted by Crippen LogP contribution is 2.63. The Morgan fingerprint density at radius 3 is 2.18 bits per heavy atom. The fraction of sp³-hybridized carbons (Fsp3) is 0.811. The number of carbonyl (C=O) groups excluding carboxylic acids is 1. The molecule has 0 bridgehead atoms. The van der Waals surface area contributed by atoms with Gasteiger partial charge < -0.3 is 14.9 Å². The Bertz CT molecular complexity index is 1290. The Labute approximate surface area is 288 Å². The molecule has 0 spiro atoms. The average molecular weight is 731 g/mol. The van der Waals surface area contributed by atoms with Crippen molar-refractivity contribution in [3.63, 3.8) is 0 Å². The number of rotatable bonds is 17. The van der Waals surface area contributed by atoms with E-state index in [-0.39, 0.29) is 30.3 Å². The van der Waals surface area contributed by atoms with Crippen LogP contribution in [-0.4, -0.2) is 52.8 Å². The maximum absolute atomic E-state index is 14.1. The lowest BCUT2D eigenvalue weighted by Gasteiger charge is -2.54. The van der Waals surface area contributed by atoms with E-state index in [0.29, 0.717) is 36.5 Å². The number of alkyl halides is 9. The number of aromatic hydroxyl groups is 1. The van der Waals surface area contributed by atoms with Gasteiger partial charge in [0, 0.05) is 6.42 Å². The minimum absolute atomic E-state index is 0.0504. The number of hydrogen-bond acceptors (Lipinski definition) is 4. The molecule has 2 unspecified atom stereocenters. The van der Waals surface area contributed by atoms with Crippen LogP contribution in [0.25, 0.3) is 0 Å². The predicted octanol–water partition coefficient (Wildman–Crippen LogP) is 10.8. The lowest BCUT2D eigenvalue weighted by atomic mass is 9.51. The minimum Gasteiger partial charge on any atom is -0.508 e. The van der Waals surface area contributed by atoms with Gasteiger partial charge >= 0.3 is 29.9 Å². The lowest BCUT2D eigenvalue weighted by Crippen LogP contribution is -2.60. The molecule has 286 valence electrons. The topological polar surface area (TPSA) is 66.8 Å². The van der Waals surface area contributed by atoms with Crippen molar-refractivity contribution in [3.8, 4) is 5.75 Å². The third-order valence-corrected chi connectivity index (χ3v) is 12.0. The van der Waals surface area contributed by atoms with Crippen molar-refractivity contribution in [1.82, 2.24) is 0 Å². The number of phenolic OH excluding ortho intramolecular Hbond substituents is 1. The number of fused-ring (bicyclic) bond motifs is 5. The molecule has 13 heteroatoms. The number of ether oxygens (including phenoxy) is 1. The Morgan fingerprint density at radius 1 is 0.900 bits per heavy atom. The van der Waals surface area contributed by atoms with E-state index in [1.54, 1.807) is 6.07 Å². The molecule has 0 amide bonds. The van der Waals surface area contributed by atoms with Gasteiger partial charge in [-0.25, -0.2) is 0 Å². The van der Waals surface area contributed by atoms with E-state index >= 15 is 0 Å². The van der Waals surface area contributed by atoms with Gasteiger partial charge in [-0.05, 0) is 111 Å². The van der Waals surface area contributed by atoms with Gasteiger partial charge in [-0.15, -0.1) is 0 Å². The van der Waals surface area contributed by atoms with Crippen molar-refractivity contribution < 1.29 is 59.3 Å². The second-order valence-corrected chi connectivity index (χ2v) is 15.2. The molecule has 3 aliphatic carbocycles. The summed E-state index contributed by atoms with van der Waals surface area (Å²) in [6.45, 7) is 3.54. The summed E-state index contributed by atoms with van der Waals surface area (Å²) in [5, 5.41) is 21.1. The van der Waals surface area contributed by atoms with Crippen molar-refractivity contribution in [2.45, 2.75) is 153 Å². The van der Waals surface area contributed by atoms with Gasteiger partial charge in [0.15, 0.2) is 0 Å². The average Bonchev–Trinajstić information content (AvgIpc) is 3.33. The van der Waals surface area contributed by atoms with E-state index in [4.69, 9.17) is 4.74 Å². The summed E-state index contributed by atoms with van der Waals surface area (Å²) in [4.78, 5) is 12.3. The highest BCUT2D eigenvalue weighted by Gasteiger charge is 2.81. The molecule has 4 rings (SSSR count). The van der Waals surface area contributed by atoms with E-state index in [0.717, 1.165) is 70.6 Å². The zero-order valence-corrected chi connectivity index (χ0v) is 28.8. The molecule has 1 aromatic rings. The van der Waals surface area contributed by atoms with Gasteiger partial charge in [0.05, 0.1) is 18.6 Å². The van der Waals surface area contributed by atoms with Crippen LogP contribution in [0.4, 0.5) is 39.5 Å². The fourth-order valence-corrected chi connectivity index (χ4v) is 9.37. The predicted molar refractivity (Wildman–Crippen MR) is 169 cm³/mol. The van der Waals surface area contributed by atoms with E-state index in [2.05, 4.69) is 13.0 Å². The first-order chi connectivity index (χ1) is 23.3. The molecule has 0 heterocycles. The van der Waals surface area contributed by atoms with E-state index in [1.807, 2.05) is 6.07 Å². The molecule has 0 radical (unpaired) electrons. The van der Waals surface area contributed by atoms with Crippen molar-refractivity contribution in [2.75, 3.05) is 6.61 Å². The molecule has 50 heavy (non-hydrogen) atoms. The zero-order valence-electron chi connectivity index (χ0n) is 28.8. The lowest BCUT2D eigenvalue weighted by molar-refractivity contribution is -0.396. The van der Waals surface area contributed by atoms with Gasteiger partial charge in [-0.2, -0.15) is 39.5 Å². The van der Waals surface area contributed by atoms with Crippen LogP contribution in [0.15, 0.2) is 18.2 Å². The molecule has 4 nitrogen and oxygen atoms in total. The maximum Gasteiger partial charge on any atom is 0.460 e. The van der Waals surface area contributed by atoms with Crippen molar-refractivity contribution in [2.24, 2.45) is 29.1 Å². The smallest absolute Gasteiger partial charge is 0.460 e. The molecule has 0 aromatic heterocycles. The second kappa shape index (κ2) is 15.8. The Kier molecular flexibility index (Phi) is 12.8. The van der Waals surface area contributed by atoms with Crippen molar-refractivity contribution in [1.29, 1.82) is 0 Å².